The van der Waals surface area contributed by atoms with E-state index < -0.39 is 0 Å². The van der Waals surface area contributed by atoms with E-state index in [1.807, 2.05) is 0 Å². The van der Waals surface area contributed by atoms with Crippen LogP contribution in [0.5, 0.6) is 0 Å². The molecule has 4 amide bonds. The average molecular weight is 467 g/mol. The molecule has 0 saturated carbocycles. The Hall–Kier alpha value is -3.68. The highest BCUT2D eigenvalue weighted by atomic mass is 16.2. The third-order valence-electron chi connectivity index (χ3n) is 5.37. The molecule has 0 unspecified atom stereocenters. The second kappa shape index (κ2) is 14.5. The standard InChI is InChI=1S/C26H34N4O4/c1-27-25(33)19-11-15-21(16-12-19)29-23(31)9-7-5-3-4-6-8-10-24(32)30-22-17-13-20(14-18-22)26(34)28-2/h11-18H,3-10H2,1-2H3,(H,27,33)(H,28,34)(H,29,31)(H,30,32). The highest BCUT2D eigenvalue weighted by Crippen LogP contribution is 2.14. The zero-order valence-electron chi connectivity index (χ0n) is 19.9. The minimum Gasteiger partial charge on any atom is -0.355 e. The van der Waals surface area contributed by atoms with E-state index in [9.17, 15) is 19.2 Å². The van der Waals surface area contributed by atoms with Gasteiger partial charge in [0.2, 0.25) is 11.8 Å². The maximum absolute atomic E-state index is 12.1. The Labute approximate surface area is 200 Å². The molecular weight excluding hydrogens is 432 g/mol. The van der Waals surface area contributed by atoms with Crippen LogP contribution in [0.25, 0.3) is 0 Å². The molecule has 8 heteroatoms. The number of benzene rings is 2. The van der Waals surface area contributed by atoms with Crippen molar-refractivity contribution in [1.82, 2.24) is 10.6 Å². The number of rotatable bonds is 13. The van der Waals surface area contributed by atoms with Crippen LogP contribution in [-0.4, -0.2) is 37.7 Å². The predicted octanol–water partition coefficient (Wildman–Crippen LogP) is 4.10. The lowest BCUT2D eigenvalue weighted by molar-refractivity contribution is -0.117. The molecule has 0 atom stereocenters. The fourth-order valence-corrected chi connectivity index (χ4v) is 3.42. The van der Waals surface area contributed by atoms with Gasteiger partial charge in [-0.1, -0.05) is 25.7 Å². The van der Waals surface area contributed by atoms with Crippen molar-refractivity contribution in [3.05, 3.63) is 59.7 Å². The summed E-state index contributed by atoms with van der Waals surface area (Å²) in [6.45, 7) is 0. The maximum Gasteiger partial charge on any atom is 0.251 e. The minimum atomic E-state index is -0.160. The van der Waals surface area contributed by atoms with Crippen LogP contribution in [0.2, 0.25) is 0 Å². The number of unbranched alkanes of at least 4 members (excludes halogenated alkanes) is 5. The van der Waals surface area contributed by atoms with Crippen LogP contribution < -0.4 is 21.3 Å². The Morgan fingerprint density at radius 1 is 0.529 bits per heavy atom. The third kappa shape index (κ3) is 9.44. The topological polar surface area (TPSA) is 116 Å². The summed E-state index contributed by atoms with van der Waals surface area (Å²) in [6.07, 6.45) is 6.52. The van der Waals surface area contributed by atoms with Crippen LogP contribution in [0, 0.1) is 0 Å². The molecule has 0 aliphatic rings. The van der Waals surface area contributed by atoms with Gasteiger partial charge in [0.1, 0.15) is 0 Å². The molecule has 0 aliphatic heterocycles. The first-order valence-corrected chi connectivity index (χ1v) is 11.7. The summed E-state index contributed by atoms with van der Waals surface area (Å²) >= 11 is 0. The largest absolute Gasteiger partial charge is 0.355 e. The van der Waals surface area contributed by atoms with Crippen molar-refractivity contribution in [3.63, 3.8) is 0 Å². The first kappa shape index (κ1) is 26.6. The Bertz CT molecular complexity index is 876. The lowest BCUT2D eigenvalue weighted by Crippen LogP contribution is -2.17. The summed E-state index contributed by atoms with van der Waals surface area (Å²) in [4.78, 5) is 47.2. The second-order valence-electron chi connectivity index (χ2n) is 8.03. The molecule has 0 heterocycles. The third-order valence-corrected chi connectivity index (χ3v) is 5.37. The van der Waals surface area contributed by atoms with Gasteiger partial charge in [-0.25, -0.2) is 0 Å². The summed E-state index contributed by atoms with van der Waals surface area (Å²) in [5.74, 6) is -0.389. The zero-order valence-corrected chi connectivity index (χ0v) is 19.9. The molecule has 0 spiro atoms. The molecule has 0 aliphatic carbocycles. The van der Waals surface area contributed by atoms with Crippen molar-refractivity contribution in [2.24, 2.45) is 0 Å². The van der Waals surface area contributed by atoms with E-state index >= 15 is 0 Å². The van der Waals surface area contributed by atoms with Crippen LogP contribution in [-0.2, 0) is 9.59 Å². The predicted molar refractivity (Wildman–Crippen MR) is 134 cm³/mol. The number of hydrogen-bond acceptors (Lipinski definition) is 4. The van der Waals surface area contributed by atoms with Gasteiger partial charge in [-0.15, -0.1) is 0 Å². The summed E-state index contributed by atoms with van der Waals surface area (Å²) in [5, 5.41) is 10.8. The number of amides is 4. The van der Waals surface area contributed by atoms with Gasteiger partial charge in [0.05, 0.1) is 0 Å². The molecule has 4 N–H and O–H groups in total. The van der Waals surface area contributed by atoms with Crippen molar-refractivity contribution in [3.8, 4) is 0 Å². The van der Waals surface area contributed by atoms with Gasteiger partial charge in [-0.3, -0.25) is 19.2 Å². The fourth-order valence-electron chi connectivity index (χ4n) is 3.42. The second-order valence-corrected chi connectivity index (χ2v) is 8.03. The van der Waals surface area contributed by atoms with Crippen LogP contribution in [0.3, 0.4) is 0 Å². The normalized spacial score (nSPS) is 10.3. The fraction of sp³-hybridized carbons (Fsp3) is 0.385. The van der Waals surface area contributed by atoms with E-state index in [2.05, 4.69) is 21.3 Å². The Kier molecular flexibility index (Phi) is 11.3. The quantitative estimate of drug-likeness (QED) is 0.333. The first-order valence-electron chi connectivity index (χ1n) is 11.7. The summed E-state index contributed by atoms with van der Waals surface area (Å²) in [5.41, 5.74) is 2.46. The minimum absolute atomic E-state index is 0.0345. The highest BCUT2D eigenvalue weighted by molar-refractivity contribution is 5.96. The molecule has 8 nitrogen and oxygen atoms in total. The Morgan fingerprint density at radius 2 is 0.853 bits per heavy atom. The lowest BCUT2D eigenvalue weighted by atomic mass is 10.1. The SMILES string of the molecule is CNC(=O)c1ccc(NC(=O)CCCCCCCCC(=O)Nc2ccc(C(=O)NC)cc2)cc1. The summed E-state index contributed by atoms with van der Waals surface area (Å²) < 4.78 is 0. The number of carbonyl (C=O) groups is 4. The van der Waals surface area contributed by atoms with E-state index in [1.165, 1.54) is 0 Å². The Balaban J connectivity index is 1.51. The van der Waals surface area contributed by atoms with Crippen molar-refractivity contribution in [2.75, 3.05) is 24.7 Å². The average Bonchev–Trinajstić information content (AvgIpc) is 2.85. The smallest absolute Gasteiger partial charge is 0.251 e. The van der Waals surface area contributed by atoms with E-state index in [1.54, 1.807) is 62.6 Å². The van der Waals surface area contributed by atoms with Gasteiger partial charge < -0.3 is 21.3 Å². The van der Waals surface area contributed by atoms with Crippen molar-refractivity contribution in [2.45, 2.75) is 51.4 Å². The molecular formula is C26H34N4O4. The number of anilines is 2. The molecule has 0 saturated heterocycles. The molecule has 2 rings (SSSR count). The molecule has 0 bridgehead atoms. The van der Waals surface area contributed by atoms with Crippen LogP contribution in [0.15, 0.2) is 48.5 Å². The van der Waals surface area contributed by atoms with Gasteiger partial charge in [0.25, 0.3) is 11.8 Å². The maximum atomic E-state index is 12.1. The number of hydrogen-bond donors (Lipinski definition) is 4. The molecule has 0 fully saturated rings. The number of nitrogens with one attached hydrogen (secondary N) is 4. The van der Waals surface area contributed by atoms with Crippen LogP contribution in [0.4, 0.5) is 11.4 Å². The molecule has 182 valence electrons. The van der Waals surface area contributed by atoms with Gasteiger partial charge in [0, 0.05) is 49.4 Å². The molecule has 0 aromatic heterocycles. The van der Waals surface area contributed by atoms with Crippen molar-refractivity contribution >= 4 is 35.0 Å². The van der Waals surface area contributed by atoms with Gasteiger partial charge in [-0.05, 0) is 61.4 Å². The van der Waals surface area contributed by atoms with Gasteiger partial charge in [0.15, 0.2) is 0 Å². The molecule has 0 radical (unpaired) electrons. The van der Waals surface area contributed by atoms with E-state index in [0.29, 0.717) is 35.3 Å². The van der Waals surface area contributed by atoms with Gasteiger partial charge in [-0.2, -0.15) is 0 Å². The first-order chi connectivity index (χ1) is 16.4. The van der Waals surface area contributed by atoms with Crippen LogP contribution in [0.1, 0.15) is 72.1 Å². The van der Waals surface area contributed by atoms with Crippen LogP contribution >= 0.6 is 0 Å². The lowest BCUT2D eigenvalue weighted by Gasteiger charge is -2.07. The highest BCUT2D eigenvalue weighted by Gasteiger charge is 2.07. The molecule has 34 heavy (non-hydrogen) atoms. The number of carbonyl (C=O) groups excluding carboxylic acids is 4. The molecule has 2 aromatic rings. The van der Waals surface area contributed by atoms with E-state index in [0.717, 1.165) is 38.5 Å². The Morgan fingerprint density at radius 3 is 1.18 bits per heavy atom. The monoisotopic (exact) mass is 466 g/mol. The zero-order chi connectivity index (χ0) is 24.8. The van der Waals surface area contributed by atoms with Crippen molar-refractivity contribution in [1.29, 1.82) is 0 Å². The van der Waals surface area contributed by atoms with E-state index in [-0.39, 0.29) is 23.6 Å². The summed E-state index contributed by atoms with van der Waals surface area (Å²) in [6, 6.07) is 13.6. The summed E-state index contributed by atoms with van der Waals surface area (Å²) in [7, 11) is 3.15. The van der Waals surface area contributed by atoms with Gasteiger partial charge >= 0.3 is 0 Å². The van der Waals surface area contributed by atoms with Crippen molar-refractivity contribution < 1.29 is 19.2 Å². The van der Waals surface area contributed by atoms with E-state index in [4.69, 9.17) is 0 Å². The molecule has 2 aromatic carbocycles.